The van der Waals surface area contributed by atoms with Crippen molar-refractivity contribution in [3.63, 3.8) is 0 Å². The Bertz CT molecular complexity index is 534. The summed E-state index contributed by atoms with van der Waals surface area (Å²) in [7, 11) is 0. The van der Waals surface area contributed by atoms with Gasteiger partial charge in [-0.2, -0.15) is 0 Å². The van der Waals surface area contributed by atoms with Gasteiger partial charge < -0.3 is 23.3 Å². The van der Waals surface area contributed by atoms with Crippen LogP contribution in [0.3, 0.4) is 0 Å². The predicted molar refractivity (Wildman–Crippen MR) is 120 cm³/mol. The smallest absolute Gasteiger partial charge is 1.00 e. The molecule has 10 heteroatoms. The first-order chi connectivity index (χ1) is 14.0. The Labute approximate surface area is 241 Å². The summed E-state index contributed by atoms with van der Waals surface area (Å²) in [5.74, 6) is -0.548. The molecule has 0 aromatic carbocycles. The topological polar surface area (TPSA) is 128 Å². The van der Waals surface area contributed by atoms with Gasteiger partial charge in [0.05, 0.1) is 39.1 Å². The standard InChI is InChI=1S/C22H40N2O5.2Na.H2O.2H/c1-2-3-4-5-6-7-8-9-10-11-20-23-14-16-24(20,15-12-21(25)26)17-19-29-18-13-22(27)28;;;;;/h2-19H2,1H3,(H-,25,26,27,28);;;1H2;;/q;2*+1;;2*-1/p+1. The first-order valence-corrected chi connectivity index (χ1v) is 11.4. The Morgan fingerprint density at radius 3 is 2.03 bits per heavy atom. The molecule has 0 spiro atoms. The van der Waals surface area contributed by atoms with Gasteiger partial charge in [-0.1, -0.05) is 58.3 Å². The molecule has 1 rings (SSSR count). The summed E-state index contributed by atoms with van der Waals surface area (Å²) < 4.78 is 6.08. The van der Waals surface area contributed by atoms with Gasteiger partial charge in [0.15, 0.2) is 5.84 Å². The molecule has 1 heterocycles. The number of quaternary nitrogens is 1. The Kier molecular flexibility index (Phi) is 26.9. The monoisotopic (exact) mass is 479 g/mol. The summed E-state index contributed by atoms with van der Waals surface area (Å²) in [5.41, 5.74) is 0. The minimum Gasteiger partial charge on any atom is -1.00 e. The fourth-order valence-electron chi connectivity index (χ4n) is 3.96. The van der Waals surface area contributed by atoms with Crippen LogP contribution in [-0.2, 0) is 14.3 Å². The molecule has 8 nitrogen and oxygen atoms in total. The van der Waals surface area contributed by atoms with Crippen LogP contribution < -0.4 is 59.1 Å². The fourth-order valence-corrected chi connectivity index (χ4v) is 3.96. The van der Waals surface area contributed by atoms with E-state index in [1.54, 1.807) is 0 Å². The van der Waals surface area contributed by atoms with Crippen molar-refractivity contribution in [2.75, 3.05) is 39.4 Å². The molecule has 0 saturated carbocycles. The summed E-state index contributed by atoms with van der Waals surface area (Å²) in [6, 6.07) is 0. The van der Waals surface area contributed by atoms with Gasteiger partial charge in [-0.05, 0) is 6.42 Å². The molecule has 0 bridgehead atoms. The van der Waals surface area contributed by atoms with E-state index in [-0.39, 0.29) is 86.9 Å². The fraction of sp³-hybridized carbons (Fsp3) is 0.864. The average Bonchev–Trinajstić information content (AvgIpc) is 3.07. The summed E-state index contributed by atoms with van der Waals surface area (Å²) in [6.45, 7) is 5.63. The molecule has 1 aliphatic rings. The van der Waals surface area contributed by atoms with Crippen molar-refractivity contribution in [3.8, 4) is 0 Å². The molecule has 0 fully saturated rings. The third kappa shape index (κ3) is 17.0. The number of hydrogen-bond acceptors (Lipinski definition) is 4. The maximum absolute atomic E-state index is 11.1. The quantitative estimate of drug-likeness (QED) is 0.120. The van der Waals surface area contributed by atoms with Crippen LogP contribution in [0.2, 0.25) is 0 Å². The van der Waals surface area contributed by atoms with Gasteiger partial charge in [-0.25, -0.2) is 4.99 Å². The van der Waals surface area contributed by atoms with Gasteiger partial charge in [-0.15, -0.1) is 0 Å². The second-order valence-corrected chi connectivity index (χ2v) is 8.09. The number of hydrogen-bond donors (Lipinski definition) is 2. The Hall–Kier alpha value is 0.490. The maximum atomic E-state index is 11.1. The van der Waals surface area contributed by atoms with E-state index in [0.29, 0.717) is 24.2 Å². The second kappa shape index (κ2) is 23.2. The van der Waals surface area contributed by atoms with Crippen molar-refractivity contribution in [2.45, 2.75) is 84.0 Å². The largest absolute Gasteiger partial charge is 1.00 e. The van der Waals surface area contributed by atoms with E-state index in [4.69, 9.17) is 19.9 Å². The van der Waals surface area contributed by atoms with Gasteiger partial charge in [0.2, 0.25) is 0 Å². The molecular weight excluding hydrogens is 434 g/mol. The van der Waals surface area contributed by atoms with Crippen molar-refractivity contribution in [1.29, 1.82) is 0 Å². The van der Waals surface area contributed by atoms with Crippen LogP contribution in [0.25, 0.3) is 0 Å². The van der Waals surface area contributed by atoms with Crippen LogP contribution in [-0.4, -0.2) is 77.3 Å². The van der Waals surface area contributed by atoms with E-state index < -0.39 is 11.9 Å². The van der Waals surface area contributed by atoms with E-state index >= 15 is 0 Å². The van der Waals surface area contributed by atoms with Gasteiger partial charge in [-0.3, -0.25) is 14.1 Å². The predicted octanol–water partition coefficient (Wildman–Crippen LogP) is -2.49. The summed E-state index contributed by atoms with van der Waals surface area (Å²) in [5, 5.41) is 17.9. The van der Waals surface area contributed by atoms with Gasteiger partial charge in [0.25, 0.3) is 0 Å². The molecule has 0 radical (unpaired) electrons. The molecule has 1 unspecified atom stereocenters. The molecule has 1 aliphatic heterocycles. The third-order valence-electron chi connectivity index (χ3n) is 5.75. The van der Waals surface area contributed by atoms with Crippen LogP contribution >= 0.6 is 0 Å². The molecule has 0 aromatic heterocycles. The minimum atomic E-state index is -0.867. The van der Waals surface area contributed by atoms with Crippen LogP contribution in [0.5, 0.6) is 0 Å². The number of aliphatic imine (C=N–C) groups is 1. The van der Waals surface area contributed by atoms with E-state index in [9.17, 15) is 9.59 Å². The average molecular weight is 480 g/mol. The van der Waals surface area contributed by atoms with Crippen LogP contribution in [0.1, 0.15) is 86.8 Å². The normalized spacial score (nSPS) is 17.0. The van der Waals surface area contributed by atoms with Crippen molar-refractivity contribution < 1.29 is 96.5 Å². The maximum Gasteiger partial charge on any atom is 1.00 e. The zero-order valence-corrected chi connectivity index (χ0v) is 24.7. The molecule has 0 amide bonds. The Morgan fingerprint density at radius 2 is 1.47 bits per heavy atom. The first-order valence-electron chi connectivity index (χ1n) is 11.4. The van der Waals surface area contributed by atoms with Gasteiger partial charge in [0.1, 0.15) is 13.1 Å². The van der Waals surface area contributed by atoms with E-state index in [1.807, 2.05) is 0 Å². The Morgan fingerprint density at radius 1 is 0.906 bits per heavy atom. The molecule has 0 aliphatic carbocycles. The number of amidine groups is 1. The summed E-state index contributed by atoms with van der Waals surface area (Å²) in [4.78, 5) is 26.4. The second-order valence-electron chi connectivity index (χ2n) is 8.09. The Balaban J connectivity index is -0.000000561. The molecule has 32 heavy (non-hydrogen) atoms. The number of carbonyl (C=O) groups is 2. The zero-order chi connectivity index (χ0) is 21.4. The van der Waals surface area contributed by atoms with E-state index in [1.165, 1.54) is 51.4 Å². The van der Waals surface area contributed by atoms with Gasteiger partial charge in [0, 0.05) is 6.42 Å². The SMILES string of the molecule is CCCCCCCCCCCC1=NCC[N+]1(CCOCCC(=O)O)CCC(=O)O.O.[H-].[H-].[Na+].[Na+]. The van der Waals surface area contributed by atoms with Gasteiger partial charge >= 0.3 is 71.1 Å². The summed E-state index contributed by atoms with van der Waals surface area (Å²) in [6.07, 6.45) is 12.5. The van der Waals surface area contributed by atoms with Crippen LogP contribution in [0, 0.1) is 0 Å². The van der Waals surface area contributed by atoms with Crippen molar-refractivity contribution >= 4 is 17.8 Å². The van der Waals surface area contributed by atoms with Crippen molar-refractivity contribution in [2.24, 2.45) is 4.99 Å². The van der Waals surface area contributed by atoms with Crippen LogP contribution in [0.15, 0.2) is 4.99 Å². The minimum absolute atomic E-state index is 0. The number of aliphatic carboxylic acids is 2. The van der Waals surface area contributed by atoms with Crippen LogP contribution in [0.4, 0.5) is 0 Å². The third-order valence-corrected chi connectivity index (χ3v) is 5.75. The molecular formula is C22H45N2Na2O6+. The number of ether oxygens (including phenoxy) is 1. The molecule has 4 N–H and O–H groups in total. The molecule has 0 saturated heterocycles. The zero-order valence-electron chi connectivity index (χ0n) is 22.7. The summed E-state index contributed by atoms with van der Waals surface area (Å²) >= 11 is 0. The van der Waals surface area contributed by atoms with Crippen molar-refractivity contribution in [3.05, 3.63) is 0 Å². The number of nitrogens with zero attached hydrogens (tertiary/aromatic N) is 2. The molecule has 1 atom stereocenters. The number of rotatable bonds is 19. The molecule has 180 valence electrons. The van der Waals surface area contributed by atoms with E-state index in [0.717, 1.165) is 31.8 Å². The first kappa shape index (κ1) is 37.0. The number of unbranched alkanes of at least 4 members (excludes halogenated alkanes) is 8. The van der Waals surface area contributed by atoms with E-state index in [2.05, 4.69) is 6.92 Å². The number of carboxylic acid groups (broad SMARTS) is 2. The van der Waals surface area contributed by atoms with Crippen molar-refractivity contribution in [1.82, 2.24) is 0 Å². The molecule has 0 aromatic rings. The number of carboxylic acids is 2.